The molecule has 2 rings (SSSR count). The highest BCUT2D eigenvalue weighted by Crippen LogP contribution is 2.20. The minimum atomic E-state index is -3.74. The van der Waals surface area contributed by atoms with Gasteiger partial charge in [-0.15, -0.1) is 0 Å². The number of benzene rings is 2. The second kappa shape index (κ2) is 8.90. The number of nitrogens with one attached hydrogen (secondary N) is 1. The van der Waals surface area contributed by atoms with Crippen molar-refractivity contribution in [1.82, 2.24) is 4.90 Å². The molecule has 0 heterocycles. The van der Waals surface area contributed by atoms with Gasteiger partial charge in [-0.3, -0.25) is 9.52 Å². The maximum Gasteiger partial charge on any atom is 0.261 e. The third kappa shape index (κ3) is 5.72. The molecule has 0 aliphatic rings. The zero-order chi connectivity index (χ0) is 20.0. The van der Waals surface area contributed by atoms with Crippen LogP contribution in [0.15, 0.2) is 53.4 Å². The molecule has 0 saturated heterocycles. The third-order valence-electron chi connectivity index (χ3n) is 3.81. The Morgan fingerprint density at radius 3 is 2.19 bits per heavy atom. The van der Waals surface area contributed by atoms with Crippen LogP contribution in [0.2, 0.25) is 0 Å². The second-order valence-electron chi connectivity index (χ2n) is 6.67. The van der Waals surface area contributed by atoms with Crippen molar-refractivity contribution in [2.24, 2.45) is 5.92 Å². The number of hydrogen-bond donors (Lipinski definition) is 1. The molecule has 146 valence electrons. The summed E-state index contributed by atoms with van der Waals surface area (Å²) in [6, 6.07) is 12.6. The van der Waals surface area contributed by atoms with Gasteiger partial charge in [0.15, 0.2) is 0 Å². The monoisotopic (exact) mass is 390 g/mol. The van der Waals surface area contributed by atoms with E-state index in [2.05, 4.69) is 4.72 Å². The van der Waals surface area contributed by atoms with E-state index in [4.69, 9.17) is 4.74 Å². The van der Waals surface area contributed by atoms with Crippen molar-refractivity contribution in [2.75, 3.05) is 24.9 Å². The molecule has 2 aromatic rings. The molecule has 0 aliphatic heterocycles. The summed E-state index contributed by atoms with van der Waals surface area (Å²) in [5, 5.41) is 0. The average molecular weight is 391 g/mol. The first-order chi connectivity index (χ1) is 12.7. The van der Waals surface area contributed by atoms with Crippen LogP contribution in [-0.4, -0.2) is 39.4 Å². The number of nitrogens with zero attached hydrogens (tertiary/aromatic N) is 1. The molecule has 0 unspecified atom stereocenters. The van der Waals surface area contributed by atoms with E-state index < -0.39 is 10.0 Å². The Morgan fingerprint density at radius 2 is 1.67 bits per heavy atom. The Balaban J connectivity index is 2.11. The Labute approximate surface area is 161 Å². The number of carbonyl (C=O) groups excluding carboxylic acids is 1. The molecule has 27 heavy (non-hydrogen) atoms. The van der Waals surface area contributed by atoms with Crippen LogP contribution in [0.1, 0.15) is 31.1 Å². The summed E-state index contributed by atoms with van der Waals surface area (Å²) in [6.07, 6.45) is 0. The topological polar surface area (TPSA) is 75.7 Å². The summed E-state index contributed by atoms with van der Waals surface area (Å²) in [5.41, 5.74) is 0.897. The number of hydrogen-bond acceptors (Lipinski definition) is 4. The van der Waals surface area contributed by atoms with Crippen molar-refractivity contribution in [3.8, 4) is 5.75 Å². The van der Waals surface area contributed by atoms with Gasteiger partial charge in [0.05, 0.1) is 11.5 Å². The molecule has 0 radical (unpaired) electrons. The first-order valence-corrected chi connectivity index (χ1v) is 10.3. The fraction of sp³-hybridized carbons (Fsp3) is 0.350. The predicted molar refractivity (Wildman–Crippen MR) is 107 cm³/mol. The van der Waals surface area contributed by atoms with Crippen molar-refractivity contribution in [3.63, 3.8) is 0 Å². The van der Waals surface area contributed by atoms with Crippen LogP contribution in [0.25, 0.3) is 0 Å². The lowest BCUT2D eigenvalue weighted by Gasteiger charge is -2.19. The first kappa shape index (κ1) is 20.8. The predicted octanol–water partition coefficient (Wildman–Crippen LogP) is 3.61. The van der Waals surface area contributed by atoms with Crippen molar-refractivity contribution < 1.29 is 17.9 Å². The summed E-state index contributed by atoms with van der Waals surface area (Å²) in [6.45, 7) is 7.13. The quantitative estimate of drug-likeness (QED) is 0.747. The van der Waals surface area contributed by atoms with E-state index >= 15 is 0 Å². The van der Waals surface area contributed by atoms with Gasteiger partial charge >= 0.3 is 0 Å². The number of anilines is 1. The SMILES string of the molecule is CCOc1ccc(NS(=O)(=O)c2ccc(C(=O)N(C)CC(C)C)cc2)cc1. The number of carbonyl (C=O) groups is 1. The molecule has 0 aromatic heterocycles. The normalized spacial score (nSPS) is 11.3. The highest BCUT2D eigenvalue weighted by Gasteiger charge is 2.17. The van der Waals surface area contributed by atoms with E-state index in [1.807, 2.05) is 20.8 Å². The zero-order valence-corrected chi connectivity index (χ0v) is 16.9. The van der Waals surface area contributed by atoms with Gasteiger partial charge in [-0.05, 0) is 61.4 Å². The molecule has 0 atom stereocenters. The minimum absolute atomic E-state index is 0.0967. The lowest BCUT2D eigenvalue weighted by Crippen LogP contribution is -2.30. The van der Waals surface area contributed by atoms with Crippen LogP contribution < -0.4 is 9.46 Å². The molecule has 0 bridgehead atoms. The van der Waals surface area contributed by atoms with E-state index in [1.165, 1.54) is 24.3 Å². The first-order valence-electron chi connectivity index (χ1n) is 8.84. The lowest BCUT2D eigenvalue weighted by molar-refractivity contribution is 0.0779. The van der Waals surface area contributed by atoms with Gasteiger partial charge in [0.2, 0.25) is 0 Å². The molecule has 0 fully saturated rings. The largest absolute Gasteiger partial charge is 0.494 e. The third-order valence-corrected chi connectivity index (χ3v) is 5.21. The molecule has 1 amide bonds. The van der Waals surface area contributed by atoms with Gasteiger partial charge in [0.25, 0.3) is 15.9 Å². The standard InChI is InChI=1S/C20H26N2O4S/c1-5-26-18-10-8-17(9-11-18)21-27(24,25)19-12-6-16(7-13-19)20(23)22(4)14-15(2)3/h6-13,15,21H,5,14H2,1-4H3. The van der Waals surface area contributed by atoms with Gasteiger partial charge in [0, 0.05) is 24.8 Å². The van der Waals surface area contributed by atoms with Gasteiger partial charge in [-0.2, -0.15) is 0 Å². The van der Waals surface area contributed by atoms with E-state index in [0.29, 0.717) is 36.1 Å². The highest BCUT2D eigenvalue weighted by molar-refractivity contribution is 7.92. The number of amides is 1. The molecule has 1 N–H and O–H groups in total. The summed E-state index contributed by atoms with van der Waals surface area (Å²) in [7, 11) is -2.00. The van der Waals surface area contributed by atoms with E-state index in [1.54, 1.807) is 36.2 Å². The molecule has 2 aromatic carbocycles. The highest BCUT2D eigenvalue weighted by atomic mass is 32.2. The van der Waals surface area contributed by atoms with E-state index in [-0.39, 0.29) is 10.8 Å². The van der Waals surface area contributed by atoms with Crippen LogP contribution in [0.4, 0.5) is 5.69 Å². The van der Waals surface area contributed by atoms with Crippen LogP contribution in [0, 0.1) is 5.92 Å². The summed E-state index contributed by atoms with van der Waals surface area (Å²) in [5.74, 6) is 0.901. The van der Waals surface area contributed by atoms with E-state index in [9.17, 15) is 13.2 Å². The van der Waals surface area contributed by atoms with Gasteiger partial charge < -0.3 is 9.64 Å². The van der Waals surface area contributed by atoms with Crippen molar-refractivity contribution >= 4 is 21.6 Å². The molecular formula is C20H26N2O4S. The van der Waals surface area contributed by atoms with Gasteiger partial charge in [0.1, 0.15) is 5.75 Å². The molecule has 0 aliphatic carbocycles. The Bertz CT molecular complexity index is 860. The van der Waals surface area contributed by atoms with Crippen LogP contribution in [-0.2, 0) is 10.0 Å². The fourth-order valence-corrected chi connectivity index (χ4v) is 3.69. The van der Waals surface area contributed by atoms with Gasteiger partial charge in [-0.1, -0.05) is 13.8 Å². The van der Waals surface area contributed by atoms with Crippen LogP contribution in [0.3, 0.4) is 0 Å². The summed E-state index contributed by atoms with van der Waals surface area (Å²) in [4.78, 5) is 14.1. The molecule has 7 heteroatoms. The van der Waals surface area contributed by atoms with Crippen LogP contribution in [0.5, 0.6) is 5.75 Å². The Morgan fingerprint density at radius 1 is 1.07 bits per heavy atom. The van der Waals surface area contributed by atoms with Crippen molar-refractivity contribution in [2.45, 2.75) is 25.7 Å². The van der Waals surface area contributed by atoms with Gasteiger partial charge in [-0.25, -0.2) is 8.42 Å². The second-order valence-corrected chi connectivity index (χ2v) is 8.35. The minimum Gasteiger partial charge on any atom is -0.494 e. The van der Waals surface area contributed by atoms with Crippen molar-refractivity contribution in [1.29, 1.82) is 0 Å². The lowest BCUT2D eigenvalue weighted by atomic mass is 10.1. The Hall–Kier alpha value is -2.54. The zero-order valence-electron chi connectivity index (χ0n) is 16.1. The maximum atomic E-state index is 12.5. The van der Waals surface area contributed by atoms with E-state index in [0.717, 1.165) is 0 Å². The smallest absolute Gasteiger partial charge is 0.261 e. The summed E-state index contributed by atoms with van der Waals surface area (Å²) < 4.78 is 32.9. The van der Waals surface area contributed by atoms with Crippen LogP contribution >= 0.6 is 0 Å². The molecular weight excluding hydrogens is 364 g/mol. The number of ether oxygens (including phenoxy) is 1. The Kier molecular flexibility index (Phi) is 6.85. The van der Waals surface area contributed by atoms with Crippen molar-refractivity contribution in [3.05, 3.63) is 54.1 Å². The maximum absolute atomic E-state index is 12.5. The number of sulfonamides is 1. The summed E-state index contributed by atoms with van der Waals surface area (Å²) >= 11 is 0. The number of rotatable bonds is 8. The molecule has 6 nitrogen and oxygen atoms in total. The molecule has 0 saturated carbocycles. The fourth-order valence-electron chi connectivity index (χ4n) is 2.63. The molecule has 0 spiro atoms. The average Bonchev–Trinajstić information content (AvgIpc) is 2.62.